The zero-order chi connectivity index (χ0) is 16.2. The van der Waals surface area contributed by atoms with Crippen molar-refractivity contribution in [3.8, 4) is 5.75 Å². The van der Waals surface area contributed by atoms with Gasteiger partial charge in [0.25, 0.3) is 0 Å². The fourth-order valence-electron chi connectivity index (χ4n) is 3.18. The lowest BCUT2D eigenvalue weighted by Gasteiger charge is -2.31. The van der Waals surface area contributed by atoms with Crippen molar-refractivity contribution in [2.45, 2.75) is 57.4 Å². The number of nitrogens with one attached hydrogen (secondary N) is 1. The Balaban J connectivity index is 2.08. The lowest BCUT2D eigenvalue weighted by molar-refractivity contribution is 0.330. The molecule has 0 bridgehead atoms. The van der Waals surface area contributed by atoms with Crippen LogP contribution in [-0.4, -0.2) is 32.6 Å². The summed E-state index contributed by atoms with van der Waals surface area (Å²) in [6, 6.07) is 6.20. The van der Waals surface area contributed by atoms with Gasteiger partial charge in [0.1, 0.15) is 5.75 Å². The highest BCUT2D eigenvalue weighted by atomic mass is 32.2. The standard InChI is InChI=1S/C17H27NO3S/c1-4-21-16-11-13(2)9-10-14(16)12-18-15-7-5-6-8-17(15)22(3,19)20/h9-11,15,17-18H,4-8,12H2,1-3H3/t15-,17-/m1/s1. The van der Waals surface area contributed by atoms with Crippen LogP contribution in [0.5, 0.6) is 5.75 Å². The second-order valence-electron chi connectivity index (χ2n) is 6.18. The molecule has 0 saturated heterocycles. The van der Waals surface area contributed by atoms with Crippen LogP contribution >= 0.6 is 0 Å². The molecule has 0 aliphatic heterocycles. The highest BCUT2D eigenvalue weighted by molar-refractivity contribution is 7.91. The predicted octanol–water partition coefficient (Wildman–Crippen LogP) is 2.84. The summed E-state index contributed by atoms with van der Waals surface area (Å²) in [6.45, 7) is 5.29. The van der Waals surface area contributed by atoms with Gasteiger partial charge in [0.2, 0.25) is 0 Å². The first-order valence-corrected chi connectivity index (χ1v) is 10.0. The maximum atomic E-state index is 12.0. The van der Waals surface area contributed by atoms with E-state index in [9.17, 15) is 8.42 Å². The zero-order valence-electron chi connectivity index (χ0n) is 13.8. The number of sulfone groups is 1. The van der Waals surface area contributed by atoms with Gasteiger partial charge in [-0.05, 0) is 38.3 Å². The molecule has 1 N–H and O–H groups in total. The summed E-state index contributed by atoms with van der Waals surface area (Å²) < 4.78 is 29.6. The molecule has 124 valence electrons. The Morgan fingerprint density at radius 3 is 2.68 bits per heavy atom. The third kappa shape index (κ3) is 4.46. The second-order valence-corrected chi connectivity index (χ2v) is 8.45. The Kier molecular flexibility index (Phi) is 5.87. The van der Waals surface area contributed by atoms with Crippen molar-refractivity contribution >= 4 is 9.84 Å². The van der Waals surface area contributed by atoms with E-state index in [0.29, 0.717) is 13.2 Å². The lowest BCUT2D eigenvalue weighted by Crippen LogP contribution is -2.45. The van der Waals surface area contributed by atoms with Crippen molar-refractivity contribution in [3.63, 3.8) is 0 Å². The number of benzene rings is 1. The quantitative estimate of drug-likeness (QED) is 0.874. The molecule has 1 aliphatic carbocycles. The van der Waals surface area contributed by atoms with Crippen molar-refractivity contribution in [1.82, 2.24) is 5.32 Å². The van der Waals surface area contributed by atoms with Gasteiger partial charge in [0.15, 0.2) is 9.84 Å². The molecule has 0 radical (unpaired) electrons. The van der Waals surface area contributed by atoms with Crippen molar-refractivity contribution in [1.29, 1.82) is 0 Å². The van der Waals surface area contributed by atoms with Crippen LogP contribution in [0.15, 0.2) is 18.2 Å². The minimum Gasteiger partial charge on any atom is -0.494 e. The summed E-state index contributed by atoms with van der Waals surface area (Å²) >= 11 is 0. The Morgan fingerprint density at radius 1 is 1.27 bits per heavy atom. The van der Waals surface area contributed by atoms with Crippen molar-refractivity contribution in [2.75, 3.05) is 12.9 Å². The van der Waals surface area contributed by atoms with E-state index in [4.69, 9.17) is 4.74 Å². The van der Waals surface area contributed by atoms with Crippen LogP contribution in [0.2, 0.25) is 0 Å². The van der Waals surface area contributed by atoms with Crippen molar-refractivity contribution in [2.24, 2.45) is 0 Å². The van der Waals surface area contributed by atoms with Crippen LogP contribution < -0.4 is 10.1 Å². The highest BCUT2D eigenvalue weighted by Crippen LogP contribution is 2.26. The molecule has 2 atom stereocenters. The molecule has 22 heavy (non-hydrogen) atoms. The molecule has 1 saturated carbocycles. The molecule has 1 fully saturated rings. The highest BCUT2D eigenvalue weighted by Gasteiger charge is 2.32. The molecule has 2 rings (SSSR count). The van der Waals surface area contributed by atoms with Gasteiger partial charge in [-0.2, -0.15) is 0 Å². The maximum Gasteiger partial charge on any atom is 0.151 e. The van der Waals surface area contributed by atoms with E-state index < -0.39 is 9.84 Å². The number of aryl methyl sites for hydroxylation is 1. The van der Waals surface area contributed by atoms with E-state index in [0.717, 1.165) is 37.0 Å². The predicted molar refractivity (Wildman–Crippen MR) is 90.1 cm³/mol. The van der Waals surface area contributed by atoms with E-state index in [1.807, 2.05) is 19.9 Å². The molecule has 0 spiro atoms. The summed E-state index contributed by atoms with van der Waals surface area (Å²) in [4.78, 5) is 0. The van der Waals surface area contributed by atoms with E-state index in [-0.39, 0.29) is 11.3 Å². The molecule has 0 amide bonds. The molecular formula is C17H27NO3S. The van der Waals surface area contributed by atoms with E-state index in [1.54, 1.807) is 0 Å². The largest absolute Gasteiger partial charge is 0.494 e. The van der Waals surface area contributed by atoms with Gasteiger partial charge in [-0.1, -0.05) is 25.0 Å². The third-order valence-corrected chi connectivity index (χ3v) is 5.99. The Morgan fingerprint density at radius 2 is 2.00 bits per heavy atom. The summed E-state index contributed by atoms with van der Waals surface area (Å²) in [5.41, 5.74) is 2.25. The molecular weight excluding hydrogens is 298 g/mol. The molecule has 5 heteroatoms. The minimum atomic E-state index is -3.00. The van der Waals surface area contributed by atoms with Gasteiger partial charge in [0.05, 0.1) is 11.9 Å². The van der Waals surface area contributed by atoms with Gasteiger partial charge in [-0.15, -0.1) is 0 Å². The summed E-state index contributed by atoms with van der Waals surface area (Å²) in [6.07, 6.45) is 5.14. The lowest BCUT2D eigenvalue weighted by atomic mass is 9.94. The first-order chi connectivity index (χ1) is 10.4. The van der Waals surface area contributed by atoms with Gasteiger partial charge in [0, 0.05) is 24.4 Å². The second kappa shape index (κ2) is 7.47. The van der Waals surface area contributed by atoms with Crippen LogP contribution in [0.4, 0.5) is 0 Å². The first kappa shape index (κ1) is 17.3. The van der Waals surface area contributed by atoms with Crippen LogP contribution in [0.25, 0.3) is 0 Å². The average Bonchev–Trinajstić information content (AvgIpc) is 2.46. The van der Waals surface area contributed by atoms with Crippen molar-refractivity contribution < 1.29 is 13.2 Å². The topological polar surface area (TPSA) is 55.4 Å². The number of rotatable bonds is 6. The normalized spacial score (nSPS) is 22.5. The van der Waals surface area contributed by atoms with E-state index >= 15 is 0 Å². The Hall–Kier alpha value is -1.07. The van der Waals surface area contributed by atoms with Crippen LogP contribution in [-0.2, 0) is 16.4 Å². The molecule has 0 heterocycles. The van der Waals surface area contributed by atoms with Gasteiger partial charge in [-0.25, -0.2) is 8.42 Å². The SMILES string of the molecule is CCOc1cc(C)ccc1CN[C@@H]1CCCC[C@H]1S(C)(=O)=O. The van der Waals surface area contributed by atoms with Gasteiger partial charge in [-0.3, -0.25) is 0 Å². The van der Waals surface area contributed by atoms with E-state index in [1.165, 1.54) is 11.8 Å². The Labute approximate surface area is 134 Å². The smallest absolute Gasteiger partial charge is 0.151 e. The zero-order valence-corrected chi connectivity index (χ0v) is 14.6. The first-order valence-electron chi connectivity index (χ1n) is 8.06. The fourth-order valence-corrected chi connectivity index (χ4v) is 4.61. The van der Waals surface area contributed by atoms with Crippen LogP contribution in [0, 0.1) is 6.92 Å². The minimum absolute atomic E-state index is 0.0412. The summed E-state index contributed by atoms with van der Waals surface area (Å²) in [5.74, 6) is 0.890. The molecule has 0 aromatic heterocycles. The summed E-state index contributed by atoms with van der Waals surface area (Å²) in [5, 5.41) is 3.19. The Bertz CT molecular complexity index is 598. The molecule has 4 nitrogen and oxygen atoms in total. The average molecular weight is 325 g/mol. The maximum absolute atomic E-state index is 12.0. The van der Waals surface area contributed by atoms with Crippen LogP contribution in [0.3, 0.4) is 0 Å². The van der Waals surface area contributed by atoms with E-state index in [2.05, 4.69) is 17.4 Å². The van der Waals surface area contributed by atoms with Gasteiger partial charge >= 0.3 is 0 Å². The van der Waals surface area contributed by atoms with Gasteiger partial charge < -0.3 is 10.1 Å². The third-order valence-electron chi connectivity index (χ3n) is 4.33. The number of ether oxygens (including phenoxy) is 1. The number of hydrogen-bond donors (Lipinski definition) is 1. The molecule has 0 unspecified atom stereocenters. The number of hydrogen-bond acceptors (Lipinski definition) is 4. The van der Waals surface area contributed by atoms with Crippen molar-refractivity contribution in [3.05, 3.63) is 29.3 Å². The monoisotopic (exact) mass is 325 g/mol. The molecule has 1 aliphatic rings. The van der Waals surface area contributed by atoms with Crippen LogP contribution in [0.1, 0.15) is 43.7 Å². The summed E-state index contributed by atoms with van der Waals surface area (Å²) in [7, 11) is -3.00. The molecule has 1 aromatic carbocycles. The fraction of sp³-hybridized carbons (Fsp3) is 0.647. The molecule has 1 aromatic rings.